The summed E-state index contributed by atoms with van der Waals surface area (Å²) in [6.45, 7) is 1.39. The molecule has 1 aliphatic heterocycles. The van der Waals surface area contributed by atoms with E-state index in [0.717, 1.165) is 12.8 Å². The van der Waals surface area contributed by atoms with E-state index in [0.29, 0.717) is 24.5 Å². The van der Waals surface area contributed by atoms with Crippen LogP contribution >= 0.6 is 0 Å². The summed E-state index contributed by atoms with van der Waals surface area (Å²) in [7, 11) is 0. The van der Waals surface area contributed by atoms with Crippen LogP contribution in [0.4, 0.5) is 10.1 Å². The zero-order chi connectivity index (χ0) is 18.4. The Labute approximate surface area is 150 Å². The first-order valence-electron chi connectivity index (χ1n) is 8.53. The molecular weight excluding hydrogens is 339 g/mol. The molecule has 1 aromatic carbocycles. The van der Waals surface area contributed by atoms with Gasteiger partial charge in [-0.2, -0.15) is 5.10 Å². The van der Waals surface area contributed by atoms with E-state index in [2.05, 4.69) is 15.7 Å². The Morgan fingerprint density at radius 1 is 1.23 bits per heavy atom. The Balaban J connectivity index is 1.48. The first kappa shape index (κ1) is 18.1. The average Bonchev–Trinajstić information content (AvgIpc) is 3.04. The van der Waals surface area contributed by atoms with Gasteiger partial charge in [-0.05, 0) is 24.5 Å². The minimum atomic E-state index is -0.414. The summed E-state index contributed by atoms with van der Waals surface area (Å²) in [5.74, 6) is -0.895. The van der Waals surface area contributed by atoms with E-state index in [1.165, 1.54) is 16.9 Å². The van der Waals surface area contributed by atoms with Crippen LogP contribution in [0.5, 0.6) is 0 Å². The zero-order valence-electron chi connectivity index (χ0n) is 14.3. The number of nitrogens with zero attached hydrogens (tertiary/aromatic N) is 2. The summed E-state index contributed by atoms with van der Waals surface area (Å²) in [6, 6.07) is 6.27. The van der Waals surface area contributed by atoms with E-state index in [9.17, 15) is 14.0 Å². The molecule has 0 atom stereocenters. The van der Waals surface area contributed by atoms with Gasteiger partial charge in [0.2, 0.25) is 11.8 Å². The van der Waals surface area contributed by atoms with Gasteiger partial charge in [0.1, 0.15) is 12.4 Å². The number of aromatic nitrogens is 2. The van der Waals surface area contributed by atoms with E-state index in [1.54, 1.807) is 24.4 Å². The number of amides is 2. The van der Waals surface area contributed by atoms with Crippen LogP contribution in [0.2, 0.25) is 0 Å². The highest BCUT2D eigenvalue weighted by atomic mass is 19.1. The number of ether oxygens (including phenoxy) is 1. The molecule has 8 heteroatoms. The monoisotopic (exact) mass is 360 g/mol. The third-order valence-corrected chi connectivity index (χ3v) is 4.12. The highest BCUT2D eigenvalue weighted by Crippen LogP contribution is 2.10. The standard InChI is InChI=1S/C18H21FN4O3/c19-16-4-2-1-3-13(16)9-17(24)22-15-10-20-23(11-15)12-18(25)21-14-5-7-26-8-6-14/h1-4,10-11,14H,5-9,12H2,(H,21,25)(H,22,24). The maximum atomic E-state index is 13.6. The Bertz CT molecular complexity index is 771. The molecule has 7 nitrogen and oxygen atoms in total. The Morgan fingerprint density at radius 2 is 2.00 bits per heavy atom. The third kappa shape index (κ3) is 5.13. The van der Waals surface area contributed by atoms with E-state index in [4.69, 9.17) is 4.74 Å². The maximum absolute atomic E-state index is 13.6. The lowest BCUT2D eigenvalue weighted by atomic mass is 10.1. The second kappa shape index (κ2) is 8.57. The summed E-state index contributed by atoms with van der Waals surface area (Å²) < 4.78 is 20.3. The molecular formula is C18H21FN4O3. The Hall–Kier alpha value is -2.74. The van der Waals surface area contributed by atoms with Gasteiger partial charge in [0, 0.05) is 25.5 Å². The molecule has 0 saturated carbocycles. The average molecular weight is 360 g/mol. The van der Waals surface area contributed by atoms with Crippen molar-refractivity contribution in [3.05, 3.63) is 48.0 Å². The van der Waals surface area contributed by atoms with Crippen molar-refractivity contribution in [1.29, 1.82) is 0 Å². The summed E-state index contributed by atoms with van der Waals surface area (Å²) in [5, 5.41) is 9.67. The second-order valence-corrected chi connectivity index (χ2v) is 6.20. The number of hydrogen-bond donors (Lipinski definition) is 2. The van der Waals surface area contributed by atoms with Crippen molar-refractivity contribution < 1.29 is 18.7 Å². The molecule has 3 rings (SSSR count). The summed E-state index contributed by atoms with van der Waals surface area (Å²) in [4.78, 5) is 24.1. The molecule has 0 spiro atoms. The van der Waals surface area contributed by atoms with Crippen LogP contribution < -0.4 is 10.6 Å². The number of hydrogen-bond acceptors (Lipinski definition) is 4. The smallest absolute Gasteiger partial charge is 0.241 e. The summed E-state index contributed by atoms with van der Waals surface area (Å²) in [6.07, 6.45) is 4.58. The molecule has 0 unspecified atom stereocenters. The first-order valence-corrected chi connectivity index (χ1v) is 8.53. The number of carbonyl (C=O) groups is 2. The van der Waals surface area contributed by atoms with Gasteiger partial charge in [0.15, 0.2) is 0 Å². The lowest BCUT2D eigenvalue weighted by Gasteiger charge is -2.23. The van der Waals surface area contributed by atoms with Crippen molar-refractivity contribution in [2.24, 2.45) is 0 Å². The van der Waals surface area contributed by atoms with Crippen molar-refractivity contribution in [2.75, 3.05) is 18.5 Å². The van der Waals surface area contributed by atoms with Gasteiger partial charge >= 0.3 is 0 Å². The maximum Gasteiger partial charge on any atom is 0.241 e. The van der Waals surface area contributed by atoms with Crippen LogP contribution in [-0.4, -0.2) is 40.9 Å². The zero-order valence-corrected chi connectivity index (χ0v) is 14.3. The van der Waals surface area contributed by atoms with E-state index in [-0.39, 0.29) is 30.8 Å². The molecule has 1 aromatic heterocycles. The van der Waals surface area contributed by atoms with Crippen LogP contribution in [0, 0.1) is 5.82 Å². The largest absolute Gasteiger partial charge is 0.381 e. The number of anilines is 1. The predicted molar refractivity (Wildman–Crippen MR) is 92.9 cm³/mol. The van der Waals surface area contributed by atoms with E-state index >= 15 is 0 Å². The van der Waals surface area contributed by atoms with Gasteiger partial charge in [-0.3, -0.25) is 14.3 Å². The molecule has 2 amide bonds. The molecule has 1 fully saturated rings. The van der Waals surface area contributed by atoms with Crippen LogP contribution in [0.3, 0.4) is 0 Å². The number of benzene rings is 1. The van der Waals surface area contributed by atoms with Crippen molar-refractivity contribution >= 4 is 17.5 Å². The molecule has 2 N–H and O–H groups in total. The number of rotatable bonds is 6. The quantitative estimate of drug-likeness (QED) is 0.818. The SMILES string of the molecule is O=C(Cc1ccccc1F)Nc1cnn(CC(=O)NC2CCOCC2)c1. The molecule has 1 aliphatic rings. The second-order valence-electron chi connectivity index (χ2n) is 6.20. The summed E-state index contributed by atoms with van der Waals surface area (Å²) in [5.41, 5.74) is 0.790. The Morgan fingerprint density at radius 3 is 2.77 bits per heavy atom. The minimum absolute atomic E-state index is 0.0674. The van der Waals surface area contributed by atoms with Crippen LogP contribution in [0.15, 0.2) is 36.7 Å². The fourth-order valence-electron chi connectivity index (χ4n) is 2.80. The molecule has 2 aromatic rings. The minimum Gasteiger partial charge on any atom is -0.381 e. The van der Waals surface area contributed by atoms with Crippen molar-refractivity contribution in [2.45, 2.75) is 31.8 Å². The van der Waals surface area contributed by atoms with Crippen molar-refractivity contribution in [3.63, 3.8) is 0 Å². The number of nitrogens with one attached hydrogen (secondary N) is 2. The van der Waals surface area contributed by atoms with Gasteiger partial charge in [-0.1, -0.05) is 18.2 Å². The molecule has 26 heavy (non-hydrogen) atoms. The first-order chi connectivity index (χ1) is 12.6. The lowest BCUT2D eigenvalue weighted by Crippen LogP contribution is -2.40. The van der Waals surface area contributed by atoms with Crippen molar-refractivity contribution in [1.82, 2.24) is 15.1 Å². The highest BCUT2D eigenvalue weighted by Gasteiger charge is 2.16. The Kier molecular flexibility index (Phi) is 5.96. The number of halogens is 1. The number of carbonyl (C=O) groups excluding carboxylic acids is 2. The van der Waals surface area contributed by atoms with Gasteiger partial charge < -0.3 is 15.4 Å². The molecule has 2 heterocycles. The van der Waals surface area contributed by atoms with Gasteiger partial charge in [0.25, 0.3) is 0 Å². The fourth-order valence-corrected chi connectivity index (χ4v) is 2.80. The topological polar surface area (TPSA) is 85.2 Å². The molecule has 138 valence electrons. The normalized spacial score (nSPS) is 14.8. The van der Waals surface area contributed by atoms with Gasteiger partial charge in [0.05, 0.1) is 18.3 Å². The van der Waals surface area contributed by atoms with Crippen LogP contribution in [-0.2, 0) is 27.3 Å². The van der Waals surface area contributed by atoms with Gasteiger partial charge in [-0.15, -0.1) is 0 Å². The van der Waals surface area contributed by atoms with Crippen molar-refractivity contribution in [3.8, 4) is 0 Å². The molecule has 0 radical (unpaired) electrons. The highest BCUT2D eigenvalue weighted by molar-refractivity contribution is 5.92. The molecule has 0 bridgehead atoms. The lowest BCUT2D eigenvalue weighted by molar-refractivity contribution is -0.123. The van der Waals surface area contributed by atoms with Crippen LogP contribution in [0.1, 0.15) is 18.4 Å². The third-order valence-electron chi connectivity index (χ3n) is 4.12. The van der Waals surface area contributed by atoms with E-state index in [1.807, 2.05) is 0 Å². The van der Waals surface area contributed by atoms with Gasteiger partial charge in [-0.25, -0.2) is 4.39 Å². The van der Waals surface area contributed by atoms with Crippen LogP contribution in [0.25, 0.3) is 0 Å². The fraction of sp³-hybridized carbons (Fsp3) is 0.389. The molecule has 1 saturated heterocycles. The molecule has 0 aliphatic carbocycles. The predicted octanol–water partition coefficient (Wildman–Crippen LogP) is 1.50. The summed E-state index contributed by atoms with van der Waals surface area (Å²) >= 11 is 0. The van der Waals surface area contributed by atoms with E-state index < -0.39 is 5.82 Å².